The Labute approximate surface area is 182 Å². The largest absolute Gasteiger partial charge is 0.337 e. The van der Waals surface area contributed by atoms with Crippen LogP contribution >= 0.6 is 0 Å². The molecule has 1 amide bonds. The first-order chi connectivity index (χ1) is 15.0. The predicted octanol–water partition coefficient (Wildman–Crippen LogP) is 2.56. The average Bonchev–Trinajstić information content (AvgIpc) is 3.28. The maximum absolute atomic E-state index is 12.7. The van der Waals surface area contributed by atoms with Crippen molar-refractivity contribution < 1.29 is 13.2 Å². The van der Waals surface area contributed by atoms with Crippen LogP contribution in [0.1, 0.15) is 11.1 Å². The quantitative estimate of drug-likeness (QED) is 0.557. The molecule has 7 nitrogen and oxygen atoms in total. The summed E-state index contributed by atoms with van der Waals surface area (Å²) in [6.07, 6.45) is 6.80. The van der Waals surface area contributed by atoms with Gasteiger partial charge in [0.25, 0.3) is 0 Å². The number of benzene rings is 2. The molecule has 1 aliphatic rings. The normalized spacial score (nSPS) is 15.4. The molecule has 0 radical (unpaired) electrons. The van der Waals surface area contributed by atoms with Gasteiger partial charge in [0, 0.05) is 44.0 Å². The van der Waals surface area contributed by atoms with Gasteiger partial charge in [0.1, 0.15) is 0 Å². The van der Waals surface area contributed by atoms with Crippen LogP contribution in [0.3, 0.4) is 0 Å². The van der Waals surface area contributed by atoms with Crippen molar-refractivity contribution in [3.05, 3.63) is 90.3 Å². The van der Waals surface area contributed by atoms with E-state index in [1.165, 1.54) is 10.4 Å². The van der Waals surface area contributed by atoms with Gasteiger partial charge >= 0.3 is 0 Å². The highest BCUT2D eigenvalue weighted by Crippen LogP contribution is 2.14. The van der Waals surface area contributed by atoms with Crippen molar-refractivity contribution >= 4 is 22.0 Å². The summed E-state index contributed by atoms with van der Waals surface area (Å²) < 4.78 is 28.5. The summed E-state index contributed by atoms with van der Waals surface area (Å²) in [7, 11) is -3.40. The number of para-hydroxylation sites is 1. The van der Waals surface area contributed by atoms with Gasteiger partial charge in [-0.25, -0.2) is 13.1 Å². The van der Waals surface area contributed by atoms with Gasteiger partial charge < -0.3 is 4.90 Å². The molecular weight excluding hydrogens is 412 g/mol. The molecule has 0 aliphatic carbocycles. The van der Waals surface area contributed by atoms with Crippen LogP contribution in [0.15, 0.2) is 79.1 Å². The highest BCUT2D eigenvalue weighted by molar-refractivity contribution is 7.88. The number of carbonyl (C=O) groups is 1. The number of aromatic nitrogens is 2. The number of rotatable bonds is 6. The molecule has 1 fully saturated rings. The molecule has 0 unspecified atom stereocenters. The fraction of sp³-hybridized carbons (Fsp3) is 0.217. The lowest BCUT2D eigenvalue weighted by molar-refractivity contribution is -0.127. The van der Waals surface area contributed by atoms with Crippen LogP contribution < -0.4 is 0 Å². The van der Waals surface area contributed by atoms with Crippen molar-refractivity contribution in [2.45, 2.75) is 5.75 Å². The topological polar surface area (TPSA) is 75.5 Å². The van der Waals surface area contributed by atoms with E-state index in [9.17, 15) is 13.2 Å². The van der Waals surface area contributed by atoms with E-state index in [1.807, 2.05) is 66.9 Å². The number of amides is 1. The third-order valence-electron chi connectivity index (χ3n) is 5.18. The molecule has 0 N–H and O–H groups in total. The van der Waals surface area contributed by atoms with Crippen molar-refractivity contribution in [2.75, 3.05) is 26.2 Å². The van der Waals surface area contributed by atoms with E-state index in [1.54, 1.807) is 21.9 Å². The Bertz CT molecular complexity index is 1150. The van der Waals surface area contributed by atoms with E-state index < -0.39 is 10.0 Å². The highest BCUT2D eigenvalue weighted by atomic mass is 32.2. The van der Waals surface area contributed by atoms with Crippen LogP contribution in [0, 0.1) is 0 Å². The highest BCUT2D eigenvalue weighted by Gasteiger charge is 2.28. The minimum atomic E-state index is -3.40. The molecule has 2 aromatic carbocycles. The number of nitrogens with zero attached hydrogens (tertiary/aromatic N) is 4. The zero-order valence-electron chi connectivity index (χ0n) is 17.0. The van der Waals surface area contributed by atoms with Gasteiger partial charge in [-0.3, -0.25) is 4.79 Å². The third kappa shape index (κ3) is 5.28. The van der Waals surface area contributed by atoms with Crippen LogP contribution in [0.2, 0.25) is 0 Å². The van der Waals surface area contributed by atoms with Crippen LogP contribution in [0.5, 0.6) is 0 Å². The van der Waals surface area contributed by atoms with Gasteiger partial charge in [0.05, 0.1) is 17.6 Å². The Hall–Kier alpha value is -3.23. The molecule has 0 spiro atoms. The third-order valence-corrected chi connectivity index (χ3v) is 7.03. The molecule has 4 rings (SSSR count). The standard InChI is InChI=1S/C23H24N4O3S/c28-23(12-11-21-17-24-27(18-21)22-9-5-2-6-10-22)25-13-15-26(16-14-25)31(29,30)19-20-7-3-1-4-8-20/h1-12,17-18H,13-16,19H2/b12-11+. The summed E-state index contributed by atoms with van der Waals surface area (Å²) in [5, 5.41) is 4.32. The van der Waals surface area contributed by atoms with Crippen LogP contribution in [0.25, 0.3) is 11.8 Å². The zero-order valence-corrected chi connectivity index (χ0v) is 17.9. The van der Waals surface area contributed by atoms with Gasteiger partial charge in [-0.1, -0.05) is 48.5 Å². The van der Waals surface area contributed by atoms with Gasteiger partial charge in [0.15, 0.2) is 0 Å². The number of piperazine rings is 1. The fourth-order valence-corrected chi connectivity index (χ4v) is 5.00. The van der Waals surface area contributed by atoms with Crippen molar-refractivity contribution in [1.82, 2.24) is 19.0 Å². The fourth-order valence-electron chi connectivity index (χ4n) is 3.48. The summed E-state index contributed by atoms with van der Waals surface area (Å²) in [5.74, 6) is -0.153. The molecule has 0 atom stereocenters. The molecule has 1 aliphatic heterocycles. The smallest absolute Gasteiger partial charge is 0.246 e. The Balaban J connectivity index is 1.32. The lowest BCUT2D eigenvalue weighted by Crippen LogP contribution is -2.50. The van der Waals surface area contributed by atoms with Gasteiger partial charge in [-0.2, -0.15) is 9.40 Å². The summed E-state index contributed by atoms with van der Waals surface area (Å²) >= 11 is 0. The van der Waals surface area contributed by atoms with E-state index in [-0.39, 0.29) is 11.7 Å². The minimum absolute atomic E-state index is 0.0207. The zero-order chi connectivity index (χ0) is 21.7. The van der Waals surface area contributed by atoms with Crippen molar-refractivity contribution in [1.29, 1.82) is 0 Å². The lowest BCUT2D eigenvalue weighted by Gasteiger charge is -2.33. The number of carbonyl (C=O) groups excluding carboxylic acids is 1. The summed E-state index contributed by atoms with van der Waals surface area (Å²) in [5.41, 5.74) is 2.53. The SMILES string of the molecule is O=C(/C=C/c1cnn(-c2ccccc2)c1)N1CCN(S(=O)(=O)Cc2ccccc2)CC1. The monoisotopic (exact) mass is 436 g/mol. The van der Waals surface area contributed by atoms with Crippen LogP contribution in [0.4, 0.5) is 0 Å². The molecule has 0 bridgehead atoms. The maximum atomic E-state index is 12.7. The molecule has 2 heterocycles. The summed E-state index contributed by atoms with van der Waals surface area (Å²) in [4.78, 5) is 14.2. The lowest BCUT2D eigenvalue weighted by atomic mass is 10.2. The van der Waals surface area contributed by atoms with Crippen LogP contribution in [-0.2, 0) is 20.6 Å². The minimum Gasteiger partial charge on any atom is -0.337 e. The number of hydrogen-bond donors (Lipinski definition) is 0. The Kier molecular flexibility index (Phi) is 6.29. The molecule has 31 heavy (non-hydrogen) atoms. The average molecular weight is 437 g/mol. The van der Waals surface area contributed by atoms with E-state index in [4.69, 9.17) is 0 Å². The first-order valence-corrected chi connectivity index (χ1v) is 11.7. The van der Waals surface area contributed by atoms with Crippen molar-refractivity contribution in [2.24, 2.45) is 0 Å². The second-order valence-electron chi connectivity index (χ2n) is 7.35. The molecule has 1 saturated heterocycles. The molecule has 3 aromatic rings. The van der Waals surface area contributed by atoms with E-state index in [0.717, 1.165) is 16.8 Å². The molecule has 160 valence electrons. The van der Waals surface area contributed by atoms with Crippen LogP contribution in [-0.4, -0.2) is 59.5 Å². The summed E-state index contributed by atoms with van der Waals surface area (Å²) in [6.45, 7) is 1.36. The Morgan fingerprint density at radius 2 is 1.58 bits per heavy atom. The first-order valence-electron chi connectivity index (χ1n) is 10.1. The first kappa shape index (κ1) is 21.0. The molecule has 8 heteroatoms. The Morgan fingerprint density at radius 1 is 0.935 bits per heavy atom. The summed E-state index contributed by atoms with van der Waals surface area (Å²) in [6, 6.07) is 18.9. The van der Waals surface area contributed by atoms with Crippen molar-refractivity contribution in [3.63, 3.8) is 0 Å². The van der Waals surface area contributed by atoms with E-state index in [2.05, 4.69) is 5.10 Å². The number of sulfonamides is 1. The molecule has 1 aromatic heterocycles. The van der Waals surface area contributed by atoms with Gasteiger partial charge in [-0.15, -0.1) is 0 Å². The van der Waals surface area contributed by atoms with E-state index in [0.29, 0.717) is 26.2 Å². The predicted molar refractivity (Wildman–Crippen MR) is 120 cm³/mol. The van der Waals surface area contributed by atoms with E-state index >= 15 is 0 Å². The molecular formula is C23H24N4O3S. The second kappa shape index (κ2) is 9.28. The number of hydrogen-bond acceptors (Lipinski definition) is 4. The Morgan fingerprint density at radius 3 is 2.26 bits per heavy atom. The second-order valence-corrected chi connectivity index (χ2v) is 9.32. The van der Waals surface area contributed by atoms with Gasteiger partial charge in [0.2, 0.25) is 15.9 Å². The maximum Gasteiger partial charge on any atom is 0.246 e. The van der Waals surface area contributed by atoms with Gasteiger partial charge in [-0.05, 0) is 23.8 Å². The molecule has 0 saturated carbocycles. The van der Waals surface area contributed by atoms with Crippen molar-refractivity contribution in [3.8, 4) is 5.69 Å².